The molecule has 130 valence electrons. The van der Waals surface area contributed by atoms with Crippen LogP contribution in [0.4, 0.5) is 0 Å². The zero-order valence-corrected chi connectivity index (χ0v) is 15.5. The molecule has 1 N–H and O–H groups in total. The zero-order chi connectivity index (χ0) is 17.3. The Kier molecular flexibility index (Phi) is 4.99. The van der Waals surface area contributed by atoms with E-state index < -0.39 is 9.84 Å². The molecule has 1 aliphatic rings. The summed E-state index contributed by atoms with van der Waals surface area (Å²) in [5.41, 5.74) is 4.18. The molecule has 2 aromatic rings. The van der Waals surface area contributed by atoms with Crippen LogP contribution in [0.2, 0.25) is 5.15 Å². The van der Waals surface area contributed by atoms with Gasteiger partial charge < -0.3 is 5.32 Å². The van der Waals surface area contributed by atoms with Gasteiger partial charge in [0.25, 0.3) is 0 Å². The highest BCUT2D eigenvalue weighted by molar-refractivity contribution is 7.91. The van der Waals surface area contributed by atoms with Crippen molar-refractivity contribution in [2.45, 2.75) is 39.4 Å². The van der Waals surface area contributed by atoms with Gasteiger partial charge in [-0.3, -0.25) is 0 Å². The normalized spacial score (nSPS) is 19.7. The van der Waals surface area contributed by atoms with Crippen LogP contribution in [0.15, 0.2) is 24.3 Å². The minimum atomic E-state index is -2.88. The van der Waals surface area contributed by atoms with Gasteiger partial charge in [-0.05, 0) is 25.8 Å². The number of nitrogens with zero attached hydrogens (tertiary/aromatic N) is 2. The van der Waals surface area contributed by atoms with Crippen LogP contribution >= 0.6 is 11.6 Å². The molecule has 7 heteroatoms. The summed E-state index contributed by atoms with van der Waals surface area (Å²) in [4.78, 5) is 0. The van der Waals surface area contributed by atoms with E-state index in [2.05, 4.69) is 41.6 Å². The topological polar surface area (TPSA) is 64.0 Å². The van der Waals surface area contributed by atoms with Gasteiger partial charge in [0.2, 0.25) is 0 Å². The molecule has 1 saturated heterocycles. The second kappa shape index (κ2) is 6.86. The molecule has 5 nitrogen and oxygen atoms in total. The molecule has 1 aromatic carbocycles. The fourth-order valence-electron chi connectivity index (χ4n) is 2.96. The number of hydrogen-bond donors (Lipinski definition) is 1. The van der Waals surface area contributed by atoms with Crippen LogP contribution in [-0.2, 0) is 22.9 Å². The first-order chi connectivity index (χ1) is 11.3. The molecule has 1 fully saturated rings. The van der Waals surface area contributed by atoms with E-state index >= 15 is 0 Å². The van der Waals surface area contributed by atoms with E-state index in [0.29, 0.717) is 24.7 Å². The van der Waals surface area contributed by atoms with E-state index in [1.54, 1.807) is 4.68 Å². The van der Waals surface area contributed by atoms with Crippen LogP contribution in [0.5, 0.6) is 0 Å². The lowest BCUT2D eigenvalue weighted by molar-refractivity contribution is 0.553. The van der Waals surface area contributed by atoms with Crippen molar-refractivity contribution >= 4 is 21.4 Å². The van der Waals surface area contributed by atoms with Crippen molar-refractivity contribution in [1.82, 2.24) is 15.1 Å². The summed E-state index contributed by atoms with van der Waals surface area (Å²) in [5, 5.41) is 8.44. The Balaban J connectivity index is 1.69. The van der Waals surface area contributed by atoms with Crippen LogP contribution in [0, 0.1) is 13.8 Å². The van der Waals surface area contributed by atoms with Crippen molar-refractivity contribution in [2.75, 3.05) is 11.5 Å². The van der Waals surface area contributed by atoms with E-state index in [9.17, 15) is 8.42 Å². The molecule has 0 spiro atoms. The van der Waals surface area contributed by atoms with Crippen molar-refractivity contribution in [3.05, 3.63) is 51.8 Å². The molecule has 0 radical (unpaired) electrons. The SMILES string of the molecule is Cc1ccc(Cn2nc(C)c(CNC3CCS(=O)(=O)C3)c2Cl)cc1. The lowest BCUT2D eigenvalue weighted by Gasteiger charge is -2.10. The van der Waals surface area contributed by atoms with Crippen molar-refractivity contribution in [1.29, 1.82) is 0 Å². The smallest absolute Gasteiger partial charge is 0.151 e. The number of rotatable bonds is 5. The highest BCUT2D eigenvalue weighted by Gasteiger charge is 2.27. The van der Waals surface area contributed by atoms with Crippen LogP contribution in [0.1, 0.15) is 28.8 Å². The number of hydrogen-bond acceptors (Lipinski definition) is 4. The van der Waals surface area contributed by atoms with Gasteiger partial charge in [-0.2, -0.15) is 5.10 Å². The zero-order valence-electron chi connectivity index (χ0n) is 13.9. The predicted molar refractivity (Wildman–Crippen MR) is 96.2 cm³/mol. The van der Waals surface area contributed by atoms with Crippen LogP contribution in [0.3, 0.4) is 0 Å². The summed E-state index contributed by atoms with van der Waals surface area (Å²) in [7, 11) is -2.88. The molecule has 0 saturated carbocycles. The van der Waals surface area contributed by atoms with Crippen LogP contribution in [0.25, 0.3) is 0 Å². The van der Waals surface area contributed by atoms with Gasteiger partial charge in [0.15, 0.2) is 9.84 Å². The molecule has 3 rings (SSSR count). The average Bonchev–Trinajstić information content (AvgIpc) is 3.00. The molecule has 0 aliphatic carbocycles. The predicted octanol–water partition coefficient (Wildman–Crippen LogP) is 2.48. The molecule has 0 amide bonds. The Bertz CT molecular complexity index is 828. The lowest BCUT2D eigenvalue weighted by atomic mass is 10.1. The van der Waals surface area contributed by atoms with E-state index in [-0.39, 0.29) is 17.5 Å². The number of sulfone groups is 1. The van der Waals surface area contributed by atoms with E-state index in [1.165, 1.54) is 5.56 Å². The fourth-order valence-corrected chi connectivity index (χ4v) is 4.97. The summed E-state index contributed by atoms with van der Waals surface area (Å²) >= 11 is 6.49. The summed E-state index contributed by atoms with van der Waals surface area (Å²) < 4.78 is 24.9. The highest BCUT2D eigenvalue weighted by atomic mass is 35.5. The third kappa shape index (κ3) is 3.99. The summed E-state index contributed by atoms with van der Waals surface area (Å²) in [6.45, 7) is 5.15. The number of aromatic nitrogens is 2. The van der Waals surface area contributed by atoms with Crippen LogP contribution < -0.4 is 5.32 Å². The monoisotopic (exact) mass is 367 g/mol. The quantitative estimate of drug-likeness (QED) is 0.881. The largest absolute Gasteiger partial charge is 0.309 e. The van der Waals surface area contributed by atoms with Gasteiger partial charge in [-0.1, -0.05) is 41.4 Å². The van der Waals surface area contributed by atoms with Gasteiger partial charge in [0, 0.05) is 18.2 Å². The van der Waals surface area contributed by atoms with E-state index in [0.717, 1.165) is 16.8 Å². The lowest BCUT2D eigenvalue weighted by Crippen LogP contribution is -2.29. The van der Waals surface area contributed by atoms with Gasteiger partial charge >= 0.3 is 0 Å². The molecular formula is C17H22ClN3O2S. The number of aryl methyl sites for hydroxylation is 2. The minimum absolute atomic E-state index is 0.00548. The molecule has 0 bridgehead atoms. The van der Waals surface area contributed by atoms with Crippen molar-refractivity contribution in [3.63, 3.8) is 0 Å². The van der Waals surface area contributed by atoms with Crippen LogP contribution in [-0.4, -0.2) is 35.7 Å². The summed E-state index contributed by atoms with van der Waals surface area (Å²) in [6.07, 6.45) is 0.663. The highest BCUT2D eigenvalue weighted by Crippen LogP contribution is 2.22. The Morgan fingerprint density at radius 1 is 1.29 bits per heavy atom. The second-order valence-corrected chi connectivity index (χ2v) is 9.07. The standard InChI is InChI=1S/C17H22ClN3O2S/c1-12-3-5-14(6-4-12)10-21-17(18)16(13(2)20-21)9-19-15-7-8-24(22,23)11-15/h3-6,15,19H,7-11H2,1-2H3. The molecule has 1 atom stereocenters. The Labute approximate surface area is 147 Å². The first kappa shape index (κ1) is 17.5. The van der Waals surface area contributed by atoms with Crippen molar-refractivity contribution in [2.24, 2.45) is 0 Å². The van der Waals surface area contributed by atoms with E-state index in [4.69, 9.17) is 11.6 Å². The Hall–Kier alpha value is -1.37. The van der Waals surface area contributed by atoms with Gasteiger partial charge in [0.05, 0.1) is 23.7 Å². The van der Waals surface area contributed by atoms with Gasteiger partial charge in [0.1, 0.15) is 5.15 Å². The maximum absolute atomic E-state index is 11.5. The molecule has 1 aliphatic heterocycles. The second-order valence-electron chi connectivity index (χ2n) is 6.48. The third-order valence-electron chi connectivity index (χ3n) is 4.44. The minimum Gasteiger partial charge on any atom is -0.309 e. The number of benzene rings is 1. The van der Waals surface area contributed by atoms with Gasteiger partial charge in [-0.25, -0.2) is 13.1 Å². The van der Waals surface area contributed by atoms with Gasteiger partial charge in [-0.15, -0.1) is 0 Å². The maximum atomic E-state index is 11.5. The molecule has 24 heavy (non-hydrogen) atoms. The molecule has 1 unspecified atom stereocenters. The van der Waals surface area contributed by atoms with Crippen molar-refractivity contribution in [3.8, 4) is 0 Å². The number of nitrogens with one attached hydrogen (secondary N) is 1. The maximum Gasteiger partial charge on any atom is 0.151 e. The molecular weight excluding hydrogens is 346 g/mol. The first-order valence-corrected chi connectivity index (χ1v) is 10.2. The fraction of sp³-hybridized carbons (Fsp3) is 0.471. The Morgan fingerprint density at radius 2 is 2.00 bits per heavy atom. The molecule has 1 aromatic heterocycles. The summed E-state index contributed by atoms with van der Waals surface area (Å²) in [5.74, 6) is 0.477. The average molecular weight is 368 g/mol. The molecule has 2 heterocycles. The third-order valence-corrected chi connectivity index (χ3v) is 6.63. The number of halogens is 1. The van der Waals surface area contributed by atoms with Crippen molar-refractivity contribution < 1.29 is 8.42 Å². The van der Waals surface area contributed by atoms with E-state index in [1.807, 2.05) is 6.92 Å². The Morgan fingerprint density at radius 3 is 2.62 bits per heavy atom. The first-order valence-electron chi connectivity index (χ1n) is 8.05. The summed E-state index contributed by atoms with van der Waals surface area (Å²) in [6, 6.07) is 8.30.